The lowest BCUT2D eigenvalue weighted by molar-refractivity contribution is -0.149. The van der Waals surface area contributed by atoms with E-state index in [1.165, 1.54) is 17.5 Å². The number of nitrogens with one attached hydrogen (secondary N) is 1. The first-order valence-corrected chi connectivity index (χ1v) is 11.4. The van der Waals surface area contributed by atoms with Gasteiger partial charge in [0.2, 0.25) is 10.0 Å². The monoisotopic (exact) mass is 426 g/mol. The maximum absolute atomic E-state index is 14.4. The summed E-state index contributed by atoms with van der Waals surface area (Å²) >= 11 is 0. The predicted octanol–water partition coefficient (Wildman–Crippen LogP) is 2.61. The van der Waals surface area contributed by atoms with Crippen molar-refractivity contribution in [2.75, 3.05) is 20.2 Å². The summed E-state index contributed by atoms with van der Waals surface area (Å²) in [6.07, 6.45) is 5.79. The molecular weight excluding hydrogens is 399 g/mol. The van der Waals surface area contributed by atoms with Crippen molar-refractivity contribution >= 4 is 21.9 Å². The second-order valence-corrected chi connectivity index (χ2v) is 9.60. The number of carbonyl (C=O) groups is 2. The summed E-state index contributed by atoms with van der Waals surface area (Å²) in [5, 5.41) is 2.73. The van der Waals surface area contributed by atoms with Crippen LogP contribution in [0, 0.1) is 5.82 Å². The van der Waals surface area contributed by atoms with Crippen LogP contribution in [0.4, 0.5) is 4.39 Å². The van der Waals surface area contributed by atoms with E-state index in [1.54, 1.807) is 0 Å². The molecule has 1 saturated carbocycles. The molecule has 0 aromatic heterocycles. The third-order valence-electron chi connectivity index (χ3n) is 5.76. The third-order valence-corrected chi connectivity index (χ3v) is 7.68. The third kappa shape index (κ3) is 4.45. The first-order chi connectivity index (χ1) is 13.8. The molecule has 2 fully saturated rings. The molecule has 3 rings (SSSR count). The molecule has 1 heterocycles. The topological polar surface area (TPSA) is 92.8 Å². The average Bonchev–Trinajstić information content (AvgIpc) is 2.74. The van der Waals surface area contributed by atoms with Gasteiger partial charge in [0, 0.05) is 18.7 Å². The van der Waals surface area contributed by atoms with Gasteiger partial charge in [-0.25, -0.2) is 17.6 Å². The number of nitrogens with zero attached hydrogens (tertiary/aromatic N) is 1. The SMILES string of the molecule is COC(=O)C1(NC(=O)c2ccc(F)c(S(=O)(=O)N3CCCCC3)c2)CCCCC1. The van der Waals surface area contributed by atoms with Crippen LogP contribution in [-0.2, 0) is 19.6 Å². The van der Waals surface area contributed by atoms with Gasteiger partial charge in [0.05, 0.1) is 7.11 Å². The van der Waals surface area contributed by atoms with Gasteiger partial charge < -0.3 is 10.1 Å². The molecule has 1 amide bonds. The largest absolute Gasteiger partial charge is 0.467 e. The summed E-state index contributed by atoms with van der Waals surface area (Å²) in [6.45, 7) is 0.674. The van der Waals surface area contributed by atoms with Crippen molar-refractivity contribution < 1.29 is 27.1 Å². The first kappa shape index (κ1) is 21.7. The van der Waals surface area contributed by atoms with Crippen LogP contribution in [0.25, 0.3) is 0 Å². The van der Waals surface area contributed by atoms with Crippen molar-refractivity contribution in [2.45, 2.75) is 61.8 Å². The number of sulfonamides is 1. The van der Waals surface area contributed by atoms with Crippen LogP contribution in [0.3, 0.4) is 0 Å². The average molecular weight is 427 g/mol. The smallest absolute Gasteiger partial charge is 0.331 e. The van der Waals surface area contributed by atoms with E-state index in [1.807, 2.05) is 0 Å². The molecule has 0 unspecified atom stereocenters. The number of carbonyl (C=O) groups excluding carboxylic acids is 2. The summed E-state index contributed by atoms with van der Waals surface area (Å²) in [6, 6.07) is 3.27. The van der Waals surface area contributed by atoms with E-state index in [2.05, 4.69) is 5.32 Å². The zero-order valence-electron chi connectivity index (χ0n) is 16.6. The number of benzene rings is 1. The summed E-state index contributed by atoms with van der Waals surface area (Å²) in [5.74, 6) is -2.03. The number of rotatable bonds is 5. The molecule has 29 heavy (non-hydrogen) atoms. The van der Waals surface area contributed by atoms with E-state index >= 15 is 0 Å². The number of piperidine rings is 1. The second kappa shape index (κ2) is 8.79. The highest BCUT2D eigenvalue weighted by Gasteiger charge is 2.42. The standard InChI is InChI=1S/C20H27FN2O5S/c1-28-19(25)20(10-4-2-5-11-20)22-18(24)15-8-9-16(21)17(14-15)29(26,27)23-12-6-3-7-13-23/h8-9,14H,2-7,10-13H2,1H3,(H,22,24). The van der Waals surface area contributed by atoms with Crippen LogP contribution < -0.4 is 5.32 Å². The summed E-state index contributed by atoms with van der Waals surface area (Å²) in [4.78, 5) is 24.7. The van der Waals surface area contributed by atoms with Gasteiger partial charge in [0.1, 0.15) is 16.3 Å². The zero-order valence-corrected chi connectivity index (χ0v) is 17.4. The Morgan fingerprint density at radius 2 is 1.69 bits per heavy atom. The molecule has 0 atom stereocenters. The van der Waals surface area contributed by atoms with Gasteiger partial charge >= 0.3 is 5.97 Å². The minimum absolute atomic E-state index is 0.00386. The number of hydrogen-bond acceptors (Lipinski definition) is 5. The van der Waals surface area contributed by atoms with Crippen LogP contribution in [0.15, 0.2) is 23.1 Å². The van der Waals surface area contributed by atoms with Gasteiger partial charge in [0.15, 0.2) is 0 Å². The Labute approximate surface area is 170 Å². The van der Waals surface area contributed by atoms with E-state index in [-0.39, 0.29) is 5.56 Å². The van der Waals surface area contributed by atoms with Crippen molar-refractivity contribution in [3.63, 3.8) is 0 Å². The van der Waals surface area contributed by atoms with E-state index in [0.29, 0.717) is 25.9 Å². The molecular formula is C20H27FN2O5S. The molecule has 1 N–H and O–H groups in total. The Morgan fingerprint density at radius 1 is 1.07 bits per heavy atom. The highest BCUT2D eigenvalue weighted by molar-refractivity contribution is 7.89. The molecule has 0 radical (unpaired) electrons. The van der Waals surface area contributed by atoms with E-state index in [0.717, 1.165) is 50.7 Å². The number of hydrogen-bond donors (Lipinski definition) is 1. The van der Waals surface area contributed by atoms with Crippen LogP contribution in [0.2, 0.25) is 0 Å². The van der Waals surface area contributed by atoms with Crippen LogP contribution in [0.5, 0.6) is 0 Å². The first-order valence-electron chi connectivity index (χ1n) is 10.0. The van der Waals surface area contributed by atoms with Crippen LogP contribution in [-0.4, -0.2) is 50.3 Å². The fraction of sp³-hybridized carbons (Fsp3) is 0.600. The van der Waals surface area contributed by atoms with E-state index in [9.17, 15) is 22.4 Å². The Hall–Kier alpha value is -2.00. The zero-order chi connectivity index (χ0) is 21.1. The maximum atomic E-state index is 14.4. The molecule has 1 saturated heterocycles. The Morgan fingerprint density at radius 3 is 2.31 bits per heavy atom. The maximum Gasteiger partial charge on any atom is 0.331 e. The lowest BCUT2D eigenvalue weighted by atomic mass is 9.81. The number of methoxy groups -OCH3 is 1. The Balaban J connectivity index is 1.88. The fourth-order valence-electron chi connectivity index (χ4n) is 4.11. The molecule has 9 heteroatoms. The quantitative estimate of drug-likeness (QED) is 0.731. The van der Waals surface area contributed by atoms with Crippen LogP contribution in [0.1, 0.15) is 61.7 Å². The normalized spacial score (nSPS) is 20.1. The molecule has 1 aliphatic heterocycles. The van der Waals surface area contributed by atoms with E-state index < -0.39 is 38.2 Å². The number of esters is 1. The Bertz CT molecular complexity index is 875. The van der Waals surface area contributed by atoms with Crippen molar-refractivity contribution in [1.82, 2.24) is 9.62 Å². The lowest BCUT2D eigenvalue weighted by Crippen LogP contribution is -2.56. The molecule has 1 aliphatic carbocycles. The van der Waals surface area contributed by atoms with E-state index in [4.69, 9.17) is 4.74 Å². The van der Waals surface area contributed by atoms with Crippen molar-refractivity contribution in [3.8, 4) is 0 Å². The summed E-state index contributed by atoms with van der Waals surface area (Å²) in [5.41, 5.74) is -1.14. The second-order valence-electron chi connectivity index (χ2n) is 7.70. The molecule has 0 bridgehead atoms. The molecule has 7 nitrogen and oxygen atoms in total. The van der Waals surface area contributed by atoms with Crippen molar-refractivity contribution in [1.29, 1.82) is 0 Å². The minimum Gasteiger partial charge on any atom is -0.467 e. The fourth-order valence-corrected chi connectivity index (χ4v) is 5.71. The molecule has 2 aliphatic rings. The molecule has 160 valence electrons. The molecule has 1 aromatic rings. The number of ether oxygens (including phenoxy) is 1. The Kier molecular flexibility index (Phi) is 6.58. The lowest BCUT2D eigenvalue weighted by Gasteiger charge is -2.35. The summed E-state index contributed by atoms with van der Waals surface area (Å²) in [7, 11) is -2.76. The number of halogens is 1. The summed E-state index contributed by atoms with van der Waals surface area (Å²) < 4.78 is 46.3. The molecule has 0 spiro atoms. The predicted molar refractivity (Wildman–Crippen MR) is 104 cm³/mol. The number of amides is 1. The van der Waals surface area contributed by atoms with Crippen molar-refractivity contribution in [2.24, 2.45) is 0 Å². The van der Waals surface area contributed by atoms with Gasteiger partial charge in [-0.2, -0.15) is 4.31 Å². The minimum atomic E-state index is -4.03. The van der Waals surface area contributed by atoms with Gasteiger partial charge in [-0.3, -0.25) is 4.79 Å². The van der Waals surface area contributed by atoms with Gasteiger partial charge in [-0.1, -0.05) is 25.7 Å². The molecule has 1 aromatic carbocycles. The van der Waals surface area contributed by atoms with Gasteiger partial charge in [-0.15, -0.1) is 0 Å². The van der Waals surface area contributed by atoms with Gasteiger partial charge in [0.25, 0.3) is 5.91 Å². The highest BCUT2D eigenvalue weighted by Crippen LogP contribution is 2.30. The van der Waals surface area contributed by atoms with Crippen molar-refractivity contribution in [3.05, 3.63) is 29.6 Å². The van der Waals surface area contributed by atoms with Gasteiger partial charge in [-0.05, 0) is 43.9 Å². The van der Waals surface area contributed by atoms with Crippen LogP contribution >= 0.6 is 0 Å². The highest BCUT2D eigenvalue weighted by atomic mass is 32.2.